The van der Waals surface area contributed by atoms with Gasteiger partial charge in [0.15, 0.2) is 0 Å². The number of aromatic nitrogens is 1. The molecule has 0 spiro atoms. The SMILES string of the molecule is CCc1cccnc1[C@H](C)OC. The van der Waals surface area contributed by atoms with Gasteiger partial charge in [-0.1, -0.05) is 13.0 Å². The highest BCUT2D eigenvalue weighted by atomic mass is 16.5. The van der Waals surface area contributed by atoms with E-state index in [0.717, 1.165) is 12.1 Å². The van der Waals surface area contributed by atoms with Crippen molar-refractivity contribution in [2.75, 3.05) is 7.11 Å². The van der Waals surface area contributed by atoms with Crippen LogP contribution in [0.3, 0.4) is 0 Å². The average molecular weight is 165 g/mol. The quantitative estimate of drug-likeness (QED) is 0.686. The first kappa shape index (κ1) is 9.20. The molecule has 1 rings (SSSR count). The van der Waals surface area contributed by atoms with Crippen molar-refractivity contribution in [3.63, 3.8) is 0 Å². The number of rotatable bonds is 3. The topological polar surface area (TPSA) is 22.1 Å². The molecule has 0 saturated carbocycles. The van der Waals surface area contributed by atoms with E-state index in [4.69, 9.17) is 4.74 Å². The lowest BCUT2D eigenvalue weighted by atomic mass is 10.1. The zero-order chi connectivity index (χ0) is 8.97. The lowest BCUT2D eigenvalue weighted by Gasteiger charge is -2.12. The van der Waals surface area contributed by atoms with Crippen LogP contribution in [0.5, 0.6) is 0 Å². The van der Waals surface area contributed by atoms with Gasteiger partial charge in [-0.3, -0.25) is 4.98 Å². The van der Waals surface area contributed by atoms with E-state index in [9.17, 15) is 0 Å². The molecule has 1 aromatic heterocycles. The fourth-order valence-corrected chi connectivity index (χ4v) is 1.23. The Kier molecular flexibility index (Phi) is 3.23. The second kappa shape index (κ2) is 4.21. The zero-order valence-electron chi connectivity index (χ0n) is 7.87. The van der Waals surface area contributed by atoms with E-state index in [1.807, 2.05) is 19.2 Å². The summed E-state index contributed by atoms with van der Waals surface area (Å²) >= 11 is 0. The molecule has 0 aliphatic carbocycles. The third-order valence-electron chi connectivity index (χ3n) is 2.05. The summed E-state index contributed by atoms with van der Waals surface area (Å²) in [5.41, 5.74) is 2.33. The highest BCUT2D eigenvalue weighted by molar-refractivity contribution is 5.21. The maximum atomic E-state index is 5.22. The van der Waals surface area contributed by atoms with Crippen molar-refractivity contribution in [2.45, 2.75) is 26.4 Å². The van der Waals surface area contributed by atoms with Gasteiger partial charge in [0.05, 0.1) is 11.8 Å². The van der Waals surface area contributed by atoms with Crippen LogP contribution in [0, 0.1) is 0 Å². The Morgan fingerprint density at radius 1 is 1.58 bits per heavy atom. The third kappa shape index (κ3) is 1.83. The molecule has 0 fully saturated rings. The van der Waals surface area contributed by atoms with Crippen LogP contribution in [-0.4, -0.2) is 12.1 Å². The monoisotopic (exact) mass is 165 g/mol. The van der Waals surface area contributed by atoms with Crippen LogP contribution >= 0.6 is 0 Å². The minimum absolute atomic E-state index is 0.0983. The van der Waals surface area contributed by atoms with Gasteiger partial charge in [0.25, 0.3) is 0 Å². The van der Waals surface area contributed by atoms with E-state index in [-0.39, 0.29) is 6.10 Å². The number of ether oxygens (including phenoxy) is 1. The second-order valence-electron chi connectivity index (χ2n) is 2.78. The van der Waals surface area contributed by atoms with E-state index in [1.165, 1.54) is 5.56 Å². The molecule has 0 aliphatic rings. The van der Waals surface area contributed by atoms with E-state index in [0.29, 0.717) is 0 Å². The second-order valence-corrected chi connectivity index (χ2v) is 2.78. The molecule has 2 nitrogen and oxygen atoms in total. The van der Waals surface area contributed by atoms with Crippen molar-refractivity contribution in [1.29, 1.82) is 0 Å². The third-order valence-corrected chi connectivity index (χ3v) is 2.05. The fourth-order valence-electron chi connectivity index (χ4n) is 1.23. The Hall–Kier alpha value is -0.890. The average Bonchev–Trinajstić information content (AvgIpc) is 2.16. The van der Waals surface area contributed by atoms with E-state index >= 15 is 0 Å². The molecular weight excluding hydrogens is 150 g/mol. The van der Waals surface area contributed by atoms with Crippen molar-refractivity contribution in [2.24, 2.45) is 0 Å². The standard InChI is InChI=1S/C10H15NO/c1-4-9-6-5-7-11-10(9)8(2)12-3/h5-8H,4H2,1-3H3/t8-/m0/s1. The molecule has 0 N–H and O–H groups in total. The molecule has 0 bridgehead atoms. The Morgan fingerprint density at radius 3 is 2.92 bits per heavy atom. The maximum absolute atomic E-state index is 5.22. The summed E-state index contributed by atoms with van der Waals surface area (Å²) < 4.78 is 5.22. The van der Waals surface area contributed by atoms with Gasteiger partial charge >= 0.3 is 0 Å². The van der Waals surface area contributed by atoms with Crippen LogP contribution in [-0.2, 0) is 11.2 Å². The summed E-state index contributed by atoms with van der Waals surface area (Å²) in [6.45, 7) is 4.14. The number of hydrogen-bond donors (Lipinski definition) is 0. The number of nitrogens with zero attached hydrogens (tertiary/aromatic N) is 1. The van der Waals surface area contributed by atoms with Gasteiger partial charge in [-0.15, -0.1) is 0 Å². The Labute approximate surface area is 73.6 Å². The molecule has 0 unspecified atom stereocenters. The summed E-state index contributed by atoms with van der Waals surface area (Å²) in [7, 11) is 1.71. The van der Waals surface area contributed by atoms with Crippen molar-refractivity contribution in [3.05, 3.63) is 29.6 Å². The van der Waals surface area contributed by atoms with E-state index in [1.54, 1.807) is 7.11 Å². The predicted molar refractivity (Wildman–Crippen MR) is 49.0 cm³/mol. The summed E-state index contributed by atoms with van der Waals surface area (Å²) in [6, 6.07) is 4.06. The highest BCUT2D eigenvalue weighted by Crippen LogP contribution is 2.17. The van der Waals surface area contributed by atoms with Crippen molar-refractivity contribution in [3.8, 4) is 0 Å². The summed E-state index contributed by atoms with van der Waals surface area (Å²) in [4.78, 5) is 4.30. The summed E-state index contributed by atoms with van der Waals surface area (Å²) in [5.74, 6) is 0. The Bertz CT molecular complexity index is 247. The molecule has 1 atom stereocenters. The van der Waals surface area contributed by atoms with Gasteiger partial charge < -0.3 is 4.74 Å². The molecule has 0 saturated heterocycles. The van der Waals surface area contributed by atoms with Crippen molar-refractivity contribution in [1.82, 2.24) is 4.98 Å². The van der Waals surface area contributed by atoms with Gasteiger partial charge in [0.2, 0.25) is 0 Å². The van der Waals surface area contributed by atoms with Crippen LogP contribution in [0.1, 0.15) is 31.2 Å². The lowest BCUT2D eigenvalue weighted by Crippen LogP contribution is -2.03. The van der Waals surface area contributed by atoms with E-state index in [2.05, 4.69) is 18.0 Å². The van der Waals surface area contributed by atoms with Crippen molar-refractivity contribution >= 4 is 0 Å². The molecule has 1 aromatic rings. The first-order chi connectivity index (χ1) is 5.79. The van der Waals surface area contributed by atoms with Gasteiger partial charge in [0, 0.05) is 13.3 Å². The first-order valence-corrected chi connectivity index (χ1v) is 4.26. The fraction of sp³-hybridized carbons (Fsp3) is 0.500. The smallest absolute Gasteiger partial charge is 0.0965 e. The Morgan fingerprint density at radius 2 is 2.33 bits per heavy atom. The predicted octanol–water partition coefficient (Wildman–Crippen LogP) is 2.35. The minimum atomic E-state index is 0.0983. The highest BCUT2D eigenvalue weighted by Gasteiger charge is 2.08. The largest absolute Gasteiger partial charge is 0.375 e. The first-order valence-electron chi connectivity index (χ1n) is 4.26. The van der Waals surface area contributed by atoms with Crippen LogP contribution in [0.15, 0.2) is 18.3 Å². The zero-order valence-corrected chi connectivity index (χ0v) is 7.87. The van der Waals surface area contributed by atoms with Crippen LogP contribution < -0.4 is 0 Å². The molecule has 0 aromatic carbocycles. The molecular formula is C10H15NO. The van der Waals surface area contributed by atoms with Crippen LogP contribution in [0.4, 0.5) is 0 Å². The summed E-state index contributed by atoms with van der Waals surface area (Å²) in [6.07, 6.45) is 2.92. The molecule has 2 heteroatoms. The van der Waals surface area contributed by atoms with E-state index < -0.39 is 0 Å². The summed E-state index contributed by atoms with van der Waals surface area (Å²) in [5, 5.41) is 0. The molecule has 66 valence electrons. The van der Waals surface area contributed by atoms with Gasteiger partial charge in [-0.2, -0.15) is 0 Å². The van der Waals surface area contributed by atoms with Crippen molar-refractivity contribution < 1.29 is 4.74 Å². The van der Waals surface area contributed by atoms with Gasteiger partial charge in [-0.05, 0) is 25.0 Å². The maximum Gasteiger partial charge on any atom is 0.0965 e. The van der Waals surface area contributed by atoms with Crippen LogP contribution in [0.2, 0.25) is 0 Å². The minimum Gasteiger partial charge on any atom is -0.375 e. The number of aryl methyl sites for hydroxylation is 1. The Balaban J connectivity index is 2.96. The molecule has 0 radical (unpaired) electrons. The molecule has 1 heterocycles. The molecule has 0 aliphatic heterocycles. The molecule has 0 amide bonds. The van der Waals surface area contributed by atoms with Gasteiger partial charge in [-0.25, -0.2) is 0 Å². The number of pyridine rings is 1. The number of methoxy groups -OCH3 is 1. The lowest BCUT2D eigenvalue weighted by molar-refractivity contribution is 0.115. The molecule has 12 heavy (non-hydrogen) atoms. The van der Waals surface area contributed by atoms with Crippen LogP contribution in [0.25, 0.3) is 0 Å². The number of hydrogen-bond acceptors (Lipinski definition) is 2. The normalized spacial score (nSPS) is 12.9. The van der Waals surface area contributed by atoms with Gasteiger partial charge in [0.1, 0.15) is 0 Å².